The summed E-state index contributed by atoms with van der Waals surface area (Å²) in [6, 6.07) is 8.21. The molecule has 0 radical (unpaired) electrons. The van der Waals surface area contributed by atoms with Crippen LogP contribution in [0.2, 0.25) is 0 Å². The molecule has 1 aromatic carbocycles. The third kappa shape index (κ3) is 2.87. The number of hydrogen-bond acceptors (Lipinski definition) is 2. The van der Waals surface area contributed by atoms with Crippen LogP contribution in [0, 0.1) is 0 Å². The first-order valence-electron chi connectivity index (χ1n) is 5.46. The predicted molar refractivity (Wildman–Crippen MR) is 72.2 cm³/mol. The number of hydrogen-bond donors (Lipinski definition) is 0. The number of rotatable bonds is 4. The van der Waals surface area contributed by atoms with Gasteiger partial charge in [0.2, 0.25) is 0 Å². The van der Waals surface area contributed by atoms with Crippen molar-refractivity contribution in [2.45, 2.75) is 25.8 Å². The fourth-order valence-corrected chi connectivity index (χ4v) is 2.22. The average molecular weight is 315 g/mol. The SMILES string of the molecule is CCc1c(CCl)nnn1Cc1ccc(Br)cc1. The Balaban J connectivity index is 2.23. The highest BCUT2D eigenvalue weighted by atomic mass is 79.9. The Bertz CT molecular complexity index is 493. The van der Waals surface area contributed by atoms with Gasteiger partial charge in [-0.3, -0.25) is 0 Å². The van der Waals surface area contributed by atoms with Crippen molar-refractivity contribution in [1.29, 1.82) is 0 Å². The molecule has 17 heavy (non-hydrogen) atoms. The molecule has 0 spiro atoms. The van der Waals surface area contributed by atoms with Gasteiger partial charge in [-0.05, 0) is 24.1 Å². The van der Waals surface area contributed by atoms with Crippen molar-refractivity contribution >= 4 is 27.5 Å². The van der Waals surface area contributed by atoms with E-state index in [0.717, 1.165) is 28.8 Å². The molecule has 2 rings (SSSR count). The van der Waals surface area contributed by atoms with Gasteiger partial charge >= 0.3 is 0 Å². The lowest BCUT2D eigenvalue weighted by atomic mass is 10.2. The minimum Gasteiger partial charge on any atom is -0.245 e. The standard InChI is InChI=1S/C12H13BrClN3/c1-2-12-11(7-14)15-16-17(12)8-9-3-5-10(13)6-4-9/h3-6H,2,7-8H2,1H3. The molecule has 0 fully saturated rings. The summed E-state index contributed by atoms with van der Waals surface area (Å²) in [7, 11) is 0. The lowest BCUT2D eigenvalue weighted by molar-refractivity contribution is 0.622. The maximum absolute atomic E-state index is 5.83. The van der Waals surface area contributed by atoms with Gasteiger partial charge in [0.05, 0.1) is 18.1 Å². The monoisotopic (exact) mass is 313 g/mol. The van der Waals surface area contributed by atoms with Crippen molar-refractivity contribution in [3.05, 3.63) is 45.7 Å². The minimum absolute atomic E-state index is 0.420. The molecular formula is C12H13BrClN3. The Morgan fingerprint density at radius 2 is 2.00 bits per heavy atom. The first-order chi connectivity index (χ1) is 8.24. The number of nitrogens with zero attached hydrogens (tertiary/aromatic N) is 3. The molecule has 3 nitrogen and oxygen atoms in total. The maximum Gasteiger partial charge on any atom is 0.101 e. The Morgan fingerprint density at radius 1 is 1.29 bits per heavy atom. The van der Waals surface area contributed by atoms with E-state index >= 15 is 0 Å². The first-order valence-corrected chi connectivity index (χ1v) is 6.79. The molecule has 0 aliphatic carbocycles. The molecule has 0 bridgehead atoms. The lowest BCUT2D eigenvalue weighted by Gasteiger charge is -2.05. The van der Waals surface area contributed by atoms with Crippen molar-refractivity contribution in [3.8, 4) is 0 Å². The second-order valence-electron chi connectivity index (χ2n) is 3.75. The normalized spacial score (nSPS) is 10.8. The molecule has 2 aromatic rings. The molecule has 0 amide bonds. The van der Waals surface area contributed by atoms with E-state index < -0.39 is 0 Å². The van der Waals surface area contributed by atoms with E-state index in [1.165, 1.54) is 5.56 Å². The van der Waals surface area contributed by atoms with Crippen LogP contribution in [0.15, 0.2) is 28.7 Å². The molecule has 0 aliphatic rings. The molecule has 0 N–H and O–H groups in total. The molecule has 5 heteroatoms. The van der Waals surface area contributed by atoms with Crippen molar-refractivity contribution in [2.75, 3.05) is 0 Å². The summed E-state index contributed by atoms with van der Waals surface area (Å²) in [6.07, 6.45) is 0.894. The summed E-state index contributed by atoms with van der Waals surface area (Å²) in [5, 5.41) is 8.24. The van der Waals surface area contributed by atoms with Gasteiger partial charge in [0.1, 0.15) is 5.69 Å². The largest absolute Gasteiger partial charge is 0.245 e. The highest BCUT2D eigenvalue weighted by Gasteiger charge is 2.10. The number of benzene rings is 1. The molecule has 0 unspecified atom stereocenters. The zero-order chi connectivity index (χ0) is 12.3. The predicted octanol–water partition coefficient (Wildman–Crippen LogP) is 3.39. The molecule has 1 heterocycles. The molecule has 0 saturated carbocycles. The van der Waals surface area contributed by atoms with Crippen molar-refractivity contribution in [3.63, 3.8) is 0 Å². The molecule has 0 atom stereocenters. The van der Waals surface area contributed by atoms with Crippen LogP contribution in [0.3, 0.4) is 0 Å². The van der Waals surface area contributed by atoms with E-state index in [-0.39, 0.29) is 0 Å². The van der Waals surface area contributed by atoms with E-state index in [1.54, 1.807) is 0 Å². The van der Waals surface area contributed by atoms with Gasteiger partial charge in [0.15, 0.2) is 0 Å². The van der Waals surface area contributed by atoms with Gasteiger partial charge < -0.3 is 0 Å². The fourth-order valence-electron chi connectivity index (χ4n) is 1.75. The summed E-state index contributed by atoms with van der Waals surface area (Å²) in [4.78, 5) is 0. The highest BCUT2D eigenvalue weighted by Crippen LogP contribution is 2.14. The van der Waals surface area contributed by atoms with Crippen LogP contribution in [0.4, 0.5) is 0 Å². The van der Waals surface area contributed by atoms with E-state index in [1.807, 2.05) is 16.8 Å². The highest BCUT2D eigenvalue weighted by molar-refractivity contribution is 9.10. The second kappa shape index (κ2) is 5.65. The van der Waals surface area contributed by atoms with Crippen molar-refractivity contribution in [1.82, 2.24) is 15.0 Å². The van der Waals surface area contributed by atoms with E-state index in [0.29, 0.717) is 5.88 Å². The zero-order valence-electron chi connectivity index (χ0n) is 9.53. The Kier molecular flexibility index (Phi) is 4.18. The second-order valence-corrected chi connectivity index (χ2v) is 4.94. The Morgan fingerprint density at radius 3 is 2.59 bits per heavy atom. The molecule has 0 aliphatic heterocycles. The number of halogens is 2. The number of alkyl halides is 1. The smallest absolute Gasteiger partial charge is 0.101 e. The van der Waals surface area contributed by atoms with Crippen LogP contribution in [0.5, 0.6) is 0 Å². The van der Waals surface area contributed by atoms with Crippen LogP contribution in [-0.4, -0.2) is 15.0 Å². The first kappa shape index (κ1) is 12.6. The summed E-state index contributed by atoms with van der Waals surface area (Å²) in [6.45, 7) is 2.83. The third-order valence-electron chi connectivity index (χ3n) is 2.63. The van der Waals surface area contributed by atoms with Gasteiger partial charge in [-0.25, -0.2) is 4.68 Å². The minimum atomic E-state index is 0.420. The van der Waals surface area contributed by atoms with Crippen LogP contribution >= 0.6 is 27.5 Å². The Labute approximate surface area is 114 Å². The Hall–Kier alpha value is -0.870. The molecular weight excluding hydrogens is 302 g/mol. The summed E-state index contributed by atoms with van der Waals surface area (Å²) >= 11 is 9.25. The summed E-state index contributed by atoms with van der Waals surface area (Å²) in [5.74, 6) is 0.420. The molecule has 1 aromatic heterocycles. The van der Waals surface area contributed by atoms with E-state index in [9.17, 15) is 0 Å². The van der Waals surface area contributed by atoms with E-state index in [4.69, 9.17) is 11.6 Å². The van der Waals surface area contributed by atoms with E-state index in [2.05, 4.69) is 45.3 Å². The quantitative estimate of drug-likeness (QED) is 0.810. The molecule has 90 valence electrons. The summed E-state index contributed by atoms with van der Waals surface area (Å²) in [5.41, 5.74) is 3.20. The van der Waals surface area contributed by atoms with Crippen LogP contribution in [-0.2, 0) is 18.8 Å². The van der Waals surface area contributed by atoms with Gasteiger partial charge in [-0.1, -0.05) is 40.2 Å². The number of aromatic nitrogens is 3. The van der Waals surface area contributed by atoms with Crippen molar-refractivity contribution in [2.24, 2.45) is 0 Å². The average Bonchev–Trinajstić information content (AvgIpc) is 2.74. The molecule has 0 saturated heterocycles. The maximum atomic E-state index is 5.83. The lowest BCUT2D eigenvalue weighted by Crippen LogP contribution is -2.06. The van der Waals surface area contributed by atoms with Crippen molar-refractivity contribution < 1.29 is 0 Å². The van der Waals surface area contributed by atoms with Gasteiger partial charge in [0, 0.05) is 4.47 Å². The van der Waals surface area contributed by atoms with Crippen LogP contribution in [0.25, 0.3) is 0 Å². The van der Waals surface area contributed by atoms with Crippen LogP contribution < -0.4 is 0 Å². The van der Waals surface area contributed by atoms with Gasteiger partial charge in [-0.2, -0.15) is 0 Å². The third-order valence-corrected chi connectivity index (χ3v) is 3.41. The topological polar surface area (TPSA) is 30.7 Å². The van der Waals surface area contributed by atoms with Crippen LogP contribution in [0.1, 0.15) is 23.9 Å². The summed E-state index contributed by atoms with van der Waals surface area (Å²) < 4.78 is 3.00. The zero-order valence-corrected chi connectivity index (χ0v) is 11.9. The van der Waals surface area contributed by atoms with Gasteiger partial charge in [-0.15, -0.1) is 16.7 Å². The fraction of sp³-hybridized carbons (Fsp3) is 0.333. The van der Waals surface area contributed by atoms with Gasteiger partial charge in [0.25, 0.3) is 0 Å².